The van der Waals surface area contributed by atoms with Crippen molar-refractivity contribution in [3.05, 3.63) is 69.2 Å². The first-order chi connectivity index (χ1) is 16.6. The van der Waals surface area contributed by atoms with Crippen molar-refractivity contribution >= 4 is 22.6 Å². The van der Waals surface area contributed by atoms with E-state index in [-0.39, 0.29) is 29.3 Å². The number of aromatic amines is 2. The first-order valence-corrected chi connectivity index (χ1v) is 10.4. The van der Waals surface area contributed by atoms with Crippen molar-refractivity contribution in [2.24, 2.45) is 4.99 Å². The van der Waals surface area contributed by atoms with Crippen molar-refractivity contribution in [1.82, 2.24) is 34.5 Å². The Morgan fingerprint density at radius 2 is 2.09 bits per heavy atom. The largest absolute Gasteiger partial charge is 0.493 e. The number of aromatic nitrogens is 7. The van der Waals surface area contributed by atoms with Crippen molar-refractivity contribution in [2.45, 2.75) is 18.9 Å². The van der Waals surface area contributed by atoms with E-state index in [0.717, 1.165) is 18.2 Å². The van der Waals surface area contributed by atoms with E-state index < -0.39 is 5.69 Å². The molecule has 0 unspecified atom stereocenters. The molecular formula is C22H15N9O3. The Labute approximate surface area is 189 Å². The molecule has 166 valence electrons. The molecule has 0 bridgehead atoms. The molecule has 12 heteroatoms. The predicted molar refractivity (Wildman–Crippen MR) is 118 cm³/mol. The molecule has 6 rings (SSSR count). The second kappa shape index (κ2) is 7.52. The summed E-state index contributed by atoms with van der Waals surface area (Å²) in [6.07, 6.45) is 4.99. The first-order valence-electron chi connectivity index (χ1n) is 10.4. The smallest absolute Gasteiger partial charge is 0.327 e. The van der Waals surface area contributed by atoms with Gasteiger partial charge in [0.2, 0.25) is 5.88 Å². The summed E-state index contributed by atoms with van der Waals surface area (Å²) in [5, 5.41) is 24.8. The Hall–Kier alpha value is -5.05. The Morgan fingerprint density at radius 3 is 2.85 bits per heavy atom. The quantitative estimate of drug-likeness (QED) is 0.356. The first kappa shape index (κ1) is 19.6. The summed E-state index contributed by atoms with van der Waals surface area (Å²) >= 11 is 0. The fourth-order valence-corrected chi connectivity index (χ4v) is 3.47. The van der Waals surface area contributed by atoms with Crippen molar-refractivity contribution in [1.29, 1.82) is 5.26 Å². The van der Waals surface area contributed by atoms with Crippen LogP contribution in [0.15, 0.2) is 46.3 Å². The number of nitriles is 1. The second-order valence-electron chi connectivity index (χ2n) is 7.73. The Bertz CT molecular complexity index is 1810. The highest BCUT2D eigenvalue weighted by atomic mass is 16.5. The van der Waals surface area contributed by atoms with Gasteiger partial charge in [0.1, 0.15) is 23.0 Å². The summed E-state index contributed by atoms with van der Waals surface area (Å²) in [4.78, 5) is 34.2. The van der Waals surface area contributed by atoms with Gasteiger partial charge in [0.05, 0.1) is 12.2 Å². The number of hydrogen-bond donors (Lipinski definition) is 3. The van der Waals surface area contributed by atoms with Gasteiger partial charge in [-0.05, 0) is 37.1 Å². The van der Waals surface area contributed by atoms with Crippen LogP contribution in [0, 0.1) is 11.3 Å². The second-order valence-corrected chi connectivity index (χ2v) is 7.73. The maximum atomic E-state index is 11.5. The SMILES string of the molecule is N#Cc1ccc2cccc(Oc3nc(=NC4CC4)n4nc/c(=C\c5[nH]c(=O)[nH]c5O)c4n3)c2n1. The zero-order valence-electron chi connectivity index (χ0n) is 17.4. The summed E-state index contributed by atoms with van der Waals surface area (Å²) in [7, 11) is 0. The third-order valence-corrected chi connectivity index (χ3v) is 5.24. The molecule has 4 heterocycles. The van der Waals surface area contributed by atoms with E-state index in [4.69, 9.17) is 4.74 Å². The molecule has 1 fully saturated rings. The molecule has 3 N–H and O–H groups in total. The number of pyridine rings is 1. The third-order valence-electron chi connectivity index (χ3n) is 5.24. The topological polar surface area (TPSA) is 170 Å². The molecule has 0 saturated heterocycles. The van der Waals surface area contributed by atoms with E-state index in [1.165, 1.54) is 16.8 Å². The third kappa shape index (κ3) is 3.51. The molecule has 0 amide bonds. The summed E-state index contributed by atoms with van der Waals surface area (Å²) in [6, 6.07) is 11.0. The highest BCUT2D eigenvalue weighted by molar-refractivity contribution is 5.85. The van der Waals surface area contributed by atoms with Gasteiger partial charge in [0.25, 0.3) is 5.62 Å². The summed E-state index contributed by atoms with van der Waals surface area (Å²) in [6.45, 7) is 0. The molecule has 4 aromatic heterocycles. The van der Waals surface area contributed by atoms with Crippen LogP contribution in [0.1, 0.15) is 24.2 Å². The number of imidazole rings is 1. The van der Waals surface area contributed by atoms with Crippen LogP contribution in [-0.2, 0) is 0 Å². The van der Waals surface area contributed by atoms with Crippen LogP contribution < -0.4 is 21.3 Å². The van der Waals surface area contributed by atoms with Crippen LogP contribution in [0.2, 0.25) is 0 Å². The lowest BCUT2D eigenvalue weighted by molar-refractivity contribution is 0.439. The lowest BCUT2D eigenvalue weighted by Gasteiger charge is -2.07. The highest BCUT2D eigenvalue weighted by Gasteiger charge is 2.21. The number of para-hydroxylation sites is 1. The molecule has 1 aliphatic rings. The van der Waals surface area contributed by atoms with Gasteiger partial charge in [-0.1, -0.05) is 12.1 Å². The minimum atomic E-state index is -0.538. The molecule has 0 aliphatic heterocycles. The Morgan fingerprint density at radius 1 is 1.21 bits per heavy atom. The molecule has 0 radical (unpaired) electrons. The Kier molecular flexibility index (Phi) is 4.34. The van der Waals surface area contributed by atoms with Crippen LogP contribution in [0.4, 0.5) is 0 Å². The summed E-state index contributed by atoms with van der Waals surface area (Å²) in [5.41, 5.74) is 1.10. The molecule has 12 nitrogen and oxygen atoms in total. The molecule has 1 aromatic carbocycles. The molecule has 0 spiro atoms. The van der Waals surface area contributed by atoms with Crippen LogP contribution >= 0.6 is 0 Å². The lowest BCUT2D eigenvalue weighted by Crippen LogP contribution is -2.23. The van der Waals surface area contributed by atoms with Crippen LogP contribution in [0.25, 0.3) is 22.6 Å². The van der Waals surface area contributed by atoms with Crippen LogP contribution in [0.5, 0.6) is 17.6 Å². The number of aromatic hydroxyl groups is 1. The van der Waals surface area contributed by atoms with Crippen molar-refractivity contribution in [3.8, 4) is 23.7 Å². The number of benzene rings is 1. The van der Waals surface area contributed by atoms with Crippen molar-refractivity contribution < 1.29 is 9.84 Å². The van der Waals surface area contributed by atoms with E-state index in [9.17, 15) is 15.2 Å². The number of H-pyrrole nitrogens is 2. The zero-order chi connectivity index (χ0) is 23.2. The van der Waals surface area contributed by atoms with E-state index in [1.54, 1.807) is 18.2 Å². The van der Waals surface area contributed by atoms with Gasteiger partial charge in [0, 0.05) is 10.6 Å². The molecule has 1 saturated carbocycles. The molecule has 5 aromatic rings. The summed E-state index contributed by atoms with van der Waals surface area (Å²) < 4.78 is 7.50. The fourth-order valence-electron chi connectivity index (χ4n) is 3.47. The maximum absolute atomic E-state index is 11.5. The predicted octanol–water partition coefficient (Wildman–Crippen LogP) is 0.669. The molecular weight excluding hydrogens is 438 g/mol. The maximum Gasteiger partial charge on any atom is 0.327 e. The minimum absolute atomic E-state index is 0.0190. The number of rotatable bonds is 4. The average molecular weight is 453 g/mol. The van der Waals surface area contributed by atoms with Gasteiger partial charge >= 0.3 is 11.7 Å². The fraction of sp³-hybridized carbons (Fsp3) is 0.136. The minimum Gasteiger partial charge on any atom is -0.493 e. The molecule has 0 atom stereocenters. The monoisotopic (exact) mass is 453 g/mol. The number of hydrogen-bond acceptors (Lipinski definition) is 9. The van der Waals surface area contributed by atoms with Crippen molar-refractivity contribution in [2.75, 3.05) is 0 Å². The molecule has 1 aliphatic carbocycles. The van der Waals surface area contributed by atoms with Gasteiger partial charge in [-0.15, -0.1) is 0 Å². The number of nitrogens with zero attached hydrogens (tertiary/aromatic N) is 7. The number of nitrogens with one attached hydrogen (secondary N) is 2. The van der Waals surface area contributed by atoms with Gasteiger partial charge in [-0.3, -0.25) is 4.98 Å². The van der Waals surface area contributed by atoms with Gasteiger partial charge < -0.3 is 14.8 Å². The van der Waals surface area contributed by atoms with Crippen LogP contribution in [-0.4, -0.2) is 45.7 Å². The zero-order valence-corrected chi connectivity index (χ0v) is 17.4. The van der Waals surface area contributed by atoms with Gasteiger partial charge in [0.15, 0.2) is 11.4 Å². The molecule has 34 heavy (non-hydrogen) atoms. The van der Waals surface area contributed by atoms with Crippen molar-refractivity contribution in [3.63, 3.8) is 0 Å². The number of ether oxygens (including phenoxy) is 1. The standard InChI is InChI=1S/C22H15N9O3/c23-9-14-5-4-11-2-1-3-16(17(11)25-14)34-22-28-18-12(8-15-19(32)29-21(33)27-15)10-24-31(18)20(30-22)26-13-6-7-13/h1-5,8,10,13,32H,6-7H2,(H2,27,29,33)/b12-8+,26-20?. The Balaban J connectivity index is 1.53. The lowest BCUT2D eigenvalue weighted by atomic mass is 10.2. The summed E-state index contributed by atoms with van der Waals surface area (Å²) in [5.74, 6) is 0.0851. The highest BCUT2D eigenvalue weighted by Crippen LogP contribution is 2.27. The number of fused-ring (bicyclic) bond motifs is 2. The van der Waals surface area contributed by atoms with E-state index in [0.29, 0.717) is 27.8 Å². The van der Waals surface area contributed by atoms with E-state index in [1.807, 2.05) is 18.2 Å². The average Bonchev–Trinajstić information content (AvgIpc) is 3.47. The van der Waals surface area contributed by atoms with E-state index in [2.05, 4.69) is 35.0 Å². The van der Waals surface area contributed by atoms with Crippen LogP contribution in [0.3, 0.4) is 0 Å². The normalized spacial score (nSPS) is 14.7. The van der Waals surface area contributed by atoms with Gasteiger partial charge in [-0.2, -0.15) is 24.8 Å². The van der Waals surface area contributed by atoms with E-state index >= 15 is 0 Å². The van der Waals surface area contributed by atoms with Gasteiger partial charge in [-0.25, -0.2) is 14.8 Å².